The molecule has 0 aliphatic carbocycles. The number of alkyl halides is 3. The zero-order valence-electron chi connectivity index (χ0n) is 16.4. The third-order valence-corrected chi connectivity index (χ3v) is 3.65. The van der Waals surface area contributed by atoms with Gasteiger partial charge in [0.05, 0.1) is 19.3 Å². The van der Waals surface area contributed by atoms with Gasteiger partial charge in [0.2, 0.25) is 5.89 Å². The van der Waals surface area contributed by atoms with Crippen LogP contribution in [0.3, 0.4) is 0 Å². The van der Waals surface area contributed by atoms with Crippen molar-refractivity contribution in [1.82, 2.24) is 15.6 Å². The molecule has 1 aromatic heterocycles. The maximum atomic E-state index is 12.5. The number of oxazole rings is 1. The highest BCUT2D eigenvalue weighted by Crippen LogP contribution is 2.26. The Balaban J connectivity index is 2.06. The molecule has 0 bridgehead atoms. The van der Waals surface area contributed by atoms with Crippen molar-refractivity contribution in [2.75, 3.05) is 6.54 Å². The van der Waals surface area contributed by atoms with E-state index in [9.17, 15) is 13.2 Å². The number of aliphatic imine (C=N–C) groups is 1. The van der Waals surface area contributed by atoms with Crippen LogP contribution in [0.25, 0.3) is 0 Å². The Morgan fingerprint density at radius 2 is 1.89 bits per heavy atom. The van der Waals surface area contributed by atoms with Crippen molar-refractivity contribution in [3.8, 4) is 5.75 Å². The number of benzene rings is 1. The van der Waals surface area contributed by atoms with E-state index in [0.29, 0.717) is 30.5 Å². The van der Waals surface area contributed by atoms with E-state index in [1.165, 1.54) is 18.2 Å². The summed E-state index contributed by atoms with van der Waals surface area (Å²) in [5.74, 6) is 1.43. The number of halogens is 3. The summed E-state index contributed by atoms with van der Waals surface area (Å²) in [5.41, 5.74) is 0.176. The first-order valence-corrected chi connectivity index (χ1v) is 8.89. The van der Waals surface area contributed by atoms with Crippen molar-refractivity contribution in [2.45, 2.75) is 52.6 Å². The minimum absolute atomic E-state index is 0.0143. The van der Waals surface area contributed by atoms with Gasteiger partial charge in [-0.15, -0.1) is 13.2 Å². The van der Waals surface area contributed by atoms with E-state index in [0.717, 1.165) is 5.76 Å². The summed E-state index contributed by atoms with van der Waals surface area (Å²) < 4.78 is 47.4. The topological polar surface area (TPSA) is 71.7 Å². The van der Waals surface area contributed by atoms with Crippen LogP contribution in [0.4, 0.5) is 13.2 Å². The Morgan fingerprint density at radius 1 is 1.18 bits per heavy atom. The van der Waals surface area contributed by atoms with Crippen molar-refractivity contribution < 1.29 is 22.3 Å². The number of aromatic nitrogens is 1. The van der Waals surface area contributed by atoms with Crippen LogP contribution in [-0.2, 0) is 18.5 Å². The molecule has 0 saturated heterocycles. The van der Waals surface area contributed by atoms with Crippen LogP contribution in [0.15, 0.2) is 39.9 Å². The number of hydrogen-bond donors (Lipinski definition) is 2. The Bertz CT molecular complexity index is 795. The van der Waals surface area contributed by atoms with E-state index < -0.39 is 6.36 Å². The Kier molecular flexibility index (Phi) is 6.93. The summed E-state index contributed by atoms with van der Waals surface area (Å²) in [6, 6.07) is 5.92. The lowest BCUT2D eigenvalue weighted by Crippen LogP contribution is -2.36. The maximum absolute atomic E-state index is 12.5. The molecule has 0 saturated carbocycles. The first kappa shape index (κ1) is 21.6. The zero-order chi connectivity index (χ0) is 20.8. The molecule has 0 atom stereocenters. The minimum atomic E-state index is -4.75. The van der Waals surface area contributed by atoms with Crippen LogP contribution in [0.5, 0.6) is 5.75 Å². The number of para-hydroxylation sites is 1. The first-order chi connectivity index (χ1) is 13.1. The van der Waals surface area contributed by atoms with E-state index in [1.807, 2.05) is 27.7 Å². The number of guanidine groups is 1. The van der Waals surface area contributed by atoms with E-state index in [2.05, 4.69) is 25.3 Å². The Labute approximate surface area is 162 Å². The molecule has 1 aromatic carbocycles. The van der Waals surface area contributed by atoms with Gasteiger partial charge in [0, 0.05) is 17.5 Å². The number of rotatable bonds is 6. The molecule has 0 spiro atoms. The van der Waals surface area contributed by atoms with E-state index in [4.69, 9.17) is 4.42 Å². The van der Waals surface area contributed by atoms with Gasteiger partial charge in [-0.25, -0.2) is 9.98 Å². The number of nitrogens with zero attached hydrogens (tertiary/aromatic N) is 2. The van der Waals surface area contributed by atoms with Crippen LogP contribution in [0.2, 0.25) is 0 Å². The summed E-state index contributed by atoms with van der Waals surface area (Å²) >= 11 is 0. The number of hydrogen-bond acceptors (Lipinski definition) is 4. The molecule has 2 N–H and O–H groups in total. The predicted molar refractivity (Wildman–Crippen MR) is 100.0 cm³/mol. The fraction of sp³-hybridized carbons (Fsp3) is 0.474. The molecule has 0 aliphatic rings. The van der Waals surface area contributed by atoms with Gasteiger partial charge in [0.1, 0.15) is 11.5 Å². The second-order valence-corrected chi connectivity index (χ2v) is 7.07. The van der Waals surface area contributed by atoms with Gasteiger partial charge in [-0.05, 0) is 13.0 Å². The van der Waals surface area contributed by atoms with Crippen LogP contribution < -0.4 is 15.4 Å². The quantitative estimate of drug-likeness (QED) is 0.566. The SMILES string of the molecule is CCNC(=NCc1ccccc1OC(F)(F)F)NCc1ncc(C(C)(C)C)o1. The first-order valence-electron chi connectivity index (χ1n) is 8.89. The summed E-state index contributed by atoms with van der Waals surface area (Å²) in [7, 11) is 0. The third kappa shape index (κ3) is 6.79. The van der Waals surface area contributed by atoms with Crippen LogP contribution >= 0.6 is 0 Å². The molecule has 6 nitrogen and oxygen atoms in total. The van der Waals surface area contributed by atoms with E-state index in [-0.39, 0.29) is 17.7 Å². The van der Waals surface area contributed by atoms with Crippen molar-refractivity contribution in [1.29, 1.82) is 0 Å². The van der Waals surface area contributed by atoms with Gasteiger partial charge in [-0.3, -0.25) is 0 Å². The van der Waals surface area contributed by atoms with Gasteiger partial charge < -0.3 is 19.8 Å². The van der Waals surface area contributed by atoms with Crippen LogP contribution in [0.1, 0.15) is 44.9 Å². The largest absolute Gasteiger partial charge is 0.573 e. The monoisotopic (exact) mass is 398 g/mol. The van der Waals surface area contributed by atoms with Crippen LogP contribution in [-0.4, -0.2) is 23.9 Å². The minimum Gasteiger partial charge on any atom is -0.443 e. The average Bonchev–Trinajstić information content (AvgIpc) is 3.06. The molecule has 1 heterocycles. The predicted octanol–water partition coefficient (Wildman–Crippen LogP) is 4.13. The van der Waals surface area contributed by atoms with Gasteiger partial charge in [-0.2, -0.15) is 0 Å². The summed E-state index contributed by atoms with van der Waals surface area (Å²) in [6.07, 6.45) is -3.07. The van der Waals surface area contributed by atoms with E-state index in [1.54, 1.807) is 12.3 Å². The lowest BCUT2D eigenvalue weighted by Gasteiger charge is -2.14. The zero-order valence-corrected chi connectivity index (χ0v) is 16.4. The molecule has 2 rings (SSSR count). The maximum Gasteiger partial charge on any atom is 0.573 e. The molecule has 0 radical (unpaired) electrons. The van der Waals surface area contributed by atoms with Crippen molar-refractivity contribution in [2.24, 2.45) is 4.99 Å². The molecule has 0 amide bonds. The second kappa shape index (κ2) is 8.99. The molecule has 0 fully saturated rings. The van der Waals surface area contributed by atoms with Gasteiger partial charge in [0.25, 0.3) is 0 Å². The highest BCUT2D eigenvalue weighted by molar-refractivity contribution is 5.79. The smallest absolute Gasteiger partial charge is 0.443 e. The normalized spacial score (nSPS) is 12.8. The summed E-state index contributed by atoms with van der Waals surface area (Å²) in [5, 5.41) is 6.09. The van der Waals surface area contributed by atoms with Gasteiger partial charge in [0.15, 0.2) is 5.96 Å². The van der Waals surface area contributed by atoms with Crippen LogP contribution in [0, 0.1) is 0 Å². The molecule has 9 heteroatoms. The van der Waals surface area contributed by atoms with Crippen molar-refractivity contribution >= 4 is 5.96 Å². The lowest BCUT2D eigenvalue weighted by molar-refractivity contribution is -0.274. The van der Waals surface area contributed by atoms with Crippen molar-refractivity contribution in [3.63, 3.8) is 0 Å². The van der Waals surface area contributed by atoms with Gasteiger partial charge in [-0.1, -0.05) is 39.0 Å². The molecular formula is C19H25F3N4O2. The Morgan fingerprint density at radius 3 is 2.50 bits per heavy atom. The molecule has 28 heavy (non-hydrogen) atoms. The fourth-order valence-corrected chi connectivity index (χ4v) is 2.26. The summed E-state index contributed by atoms with van der Waals surface area (Å²) in [4.78, 5) is 8.55. The molecule has 154 valence electrons. The van der Waals surface area contributed by atoms with Crippen molar-refractivity contribution in [3.05, 3.63) is 47.7 Å². The molecule has 0 unspecified atom stereocenters. The highest BCUT2D eigenvalue weighted by Gasteiger charge is 2.31. The summed E-state index contributed by atoms with van der Waals surface area (Å²) in [6.45, 7) is 8.86. The lowest BCUT2D eigenvalue weighted by atomic mass is 9.94. The fourth-order valence-electron chi connectivity index (χ4n) is 2.26. The third-order valence-electron chi connectivity index (χ3n) is 3.65. The standard InChI is InChI=1S/C19H25F3N4O2/c1-5-23-17(26-12-16-24-11-15(27-16)18(2,3)4)25-10-13-8-6-7-9-14(13)28-19(20,21)22/h6-9,11H,5,10,12H2,1-4H3,(H2,23,25,26). The number of nitrogens with one attached hydrogen (secondary N) is 2. The van der Waals surface area contributed by atoms with E-state index >= 15 is 0 Å². The molecule has 0 aliphatic heterocycles. The Hall–Kier alpha value is -2.71. The second-order valence-electron chi connectivity index (χ2n) is 7.07. The average molecular weight is 398 g/mol. The molecular weight excluding hydrogens is 373 g/mol. The van der Waals surface area contributed by atoms with Gasteiger partial charge >= 0.3 is 6.36 Å². The molecule has 2 aromatic rings. The highest BCUT2D eigenvalue weighted by atomic mass is 19.4. The number of ether oxygens (including phenoxy) is 1.